The maximum atomic E-state index is 12.7. The van der Waals surface area contributed by atoms with Crippen LogP contribution in [0.3, 0.4) is 0 Å². The molecule has 0 spiro atoms. The fourth-order valence-electron chi connectivity index (χ4n) is 3.42. The van der Waals surface area contributed by atoms with Gasteiger partial charge in [-0.1, -0.05) is 0 Å². The minimum Gasteiger partial charge on any atom is -0.379 e. The van der Waals surface area contributed by atoms with E-state index in [1.165, 1.54) is 6.42 Å². The summed E-state index contributed by atoms with van der Waals surface area (Å²) in [5.74, 6) is 0.998. The summed E-state index contributed by atoms with van der Waals surface area (Å²) in [6, 6.07) is 2.15. The third kappa shape index (κ3) is 4.72. The van der Waals surface area contributed by atoms with E-state index in [0.717, 1.165) is 58.1 Å². The number of hydrogen-bond donors (Lipinski definition) is 0. The average Bonchev–Trinajstić information content (AvgIpc) is 2.62. The minimum absolute atomic E-state index is 0.246. The Balaban J connectivity index is 1.53. The monoisotopic (exact) mass is 318 g/mol. The number of ether oxygens (including phenoxy) is 1. The van der Waals surface area contributed by atoms with Gasteiger partial charge >= 0.3 is 0 Å². The highest BCUT2D eigenvalue weighted by Crippen LogP contribution is 2.20. The van der Waals surface area contributed by atoms with Crippen molar-refractivity contribution in [1.29, 1.82) is 0 Å². The number of rotatable bonds is 5. The van der Waals surface area contributed by atoms with E-state index >= 15 is 0 Å². The Hall–Kier alpha value is -1.53. The molecule has 1 aromatic rings. The van der Waals surface area contributed by atoms with Crippen molar-refractivity contribution in [3.8, 4) is 0 Å². The lowest BCUT2D eigenvalue weighted by Crippen LogP contribution is -2.51. The molecule has 0 radical (unpaired) electrons. The number of nitrogens with zero attached hydrogens (tertiary/aromatic N) is 4. The molecule has 1 atom stereocenters. The number of aryl methyl sites for hydroxylation is 1. The molecule has 1 amide bonds. The lowest BCUT2D eigenvalue weighted by Gasteiger charge is -2.39. The fraction of sp³-hybridized carbons (Fsp3) is 0.706. The molecule has 1 unspecified atom stereocenters. The molecule has 23 heavy (non-hydrogen) atoms. The highest BCUT2D eigenvalue weighted by Gasteiger charge is 2.28. The summed E-state index contributed by atoms with van der Waals surface area (Å²) in [5.41, 5.74) is 0. The molecule has 2 saturated heterocycles. The van der Waals surface area contributed by atoms with Gasteiger partial charge in [-0.2, -0.15) is 0 Å². The summed E-state index contributed by atoms with van der Waals surface area (Å²) in [4.78, 5) is 25.6. The number of carbonyl (C=O) groups excluding carboxylic acids is 1. The quantitative estimate of drug-likeness (QED) is 0.814. The maximum absolute atomic E-state index is 12.7. The van der Waals surface area contributed by atoms with E-state index in [-0.39, 0.29) is 5.91 Å². The standard InChI is InChI=1S/C17H26N4O2/c22-17(6-5-16-18-7-3-8-19-16)21-9-2-1-4-15(21)14-20-10-12-23-13-11-20/h3,7-8,15H,1-2,4-6,9-14H2. The Kier molecular flexibility index (Phi) is 5.93. The van der Waals surface area contributed by atoms with Crippen LogP contribution in [0.2, 0.25) is 0 Å². The summed E-state index contributed by atoms with van der Waals surface area (Å²) in [6.07, 6.45) is 8.05. The molecule has 6 nitrogen and oxygen atoms in total. The van der Waals surface area contributed by atoms with Crippen molar-refractivity contribution in [1.82, 2.24) is 19.8 Å². The lowest BCUT2D eigenvalue weighted by molar-refractivity contribution is -0.135. The van der Waals surface area contributed by atoms with Gasteiger partial charge < -0.3 is 9.64 Å². The summed E-state index contributed by atoms with van der Waals surface area (Å²) in [5, 5.41) is 0. The van der Waals surface area contributed by atoms with Gasteiger partial charge in [0.15, 0.2) is 0 Å². The molecule has 126 valence electrons. The molecule has 2 aliphatic rings. The topological polar surface area (TPSA) is 58.6 Å². The molecule has 0 saturated carbocycles. The third-order valence-electron chi connectivity index (χ3n) is 4.70. The van der Waals surface area contributed by atoms with Crippen LogP contribution in [0.15, 0.2) is 18.5 Å². The van der Waals surface area contributed by atoms with Gasteiger partial charge in [-0.05, 0) is 25.3 Å². The van der Waals surface area contributed by atoms with E-state index in [1.807, 2.05) is 0 Å². The van der Waals surface area contributed by atoms with Gasteiger partial charge in [0, 0.05) is 57.5 Å². The molecule has 6 heteroatoms. The van der Waals surface area contributed by atoms with E-state index in [9.17, 15) is 4.79 Å². The average molecular weight is 318 g/mol. The molecular weight excluding hydrogens is 292 g/mol. The van der Waals surface area contributed by atoms with Crippen LogP contribution in [0.5, 0.6) is 0 Å². The Labute approximate surface area is 137 Å². The van der Waals surface area contributed by atoms with Crippen molar-refractivity contribution < 1.29 is 9.53 Å². The molecule has 3 rings (SSSR count). The summed E-state index contributed by atoms with van der Waals surface area (Å²) in [7, 11) is 0. The van der Waals surface area contributed by atoms with Crippen LogP contribution in [0, 0.1) is 0 Å². The molecule has 0 aliphatic carbocycles. The van der Waals surface area contributed by atoms with Crippen molar-refractivity contribution in [2.45, 2.75) is 38.1 Å². The Morgan fingerprint density at radius 1 is 1.17 bits per heavy atom. The zero-order valence-corrected chi connectivity index (χ0v) is 13.7. The SMILES string of the molecule is O=C(CCc1ncccn1)N1CCCCC1CN1CCOCC1. The second kappa shape index (κ2) is 8.36. The molecule has 1 aromatic heterocycles. The smallest absolute Gasteiger partial charge is 0.223 e. The predicted molar refractivity (Wildman–Crippen MR) is 87.0 cm³/mol. The lowest BCUT2D eigenvalue weighted by atomic mass is 10.0. The molecule has 2 fully saturated rings. The van der Waals surface area contributed by atoms with Gasteiger partial charge in [-0.15, -0.1) is 0 Å². The zero-order valence-electron chi connectivity index (χ0n) is 13.7. The van der Waals surface area contributed by atoms with Gasteiger partial charge in [0.2, 0.25) is 5.91 Å². The van der Waals surface area contributed by atoms with Crippen LogP contribution in [-0.2, 0) is 16.0 Å². The summed E-state index contributed by atoms with van der Waals surface area (Å²) in [6.45, 7) is 5.46. The zero-order chi connectivity index (χ0) is 15.9. The molecule has 3 heterocycles. The predicted octanol–water partition coefficient (Wildman–Crippen LogP) is 1.12. The number of carbonyl (C=O) groups is 1. The van der Waals surface area contributed by atoms with E-state index in [0.29, 0.717) is 18.9 Å². The first kappa shape index (κ1) is 16.3. The molecule has 0 bridgehead atoms. The normalized spacial score (nSPS) is 23.0. The summed E-state index contributed by atoms with van der Waals surface area (Å²) < 4.78 is 5.41. The van der Waals surface area contributed by atoms with Crippen LogP contribution >= 0.6 is 0 Å². The maximum Gasteiger partial charge on any atom is 0.223 e. The highest BCUT2D eigenvalue weighted by atomic mass is 16.5. The van der Waals surface area contributed by atoms with Crippen molar-refractivity contribution >= 4 is 5.91 Å². The van der Waals surface area contributed by atoms with E-state index in [2.05, 4.69) is 19.8 Å². The first-order valence-electron chi connectivity index (χ1n) is 8.68. The van der Waals surface area contributed by atoms with E-state index < -0.39 is 0 Å². The van der Waals surface area contributed by atoms with Crippen LogP contribution in [-0.4, -0.2) is 71.1 Å². The second-order valence-electron chi connectivity index (χ2n) is 6.31. The van der Waals surface area contributed by atoms with Crippen LogP contribution < -0.4 is 0 Å². The Morgan fingerprint density at radius 3 is 2.74 bits per heavy atom. The second-order valence-corrected chi connectivity index (χ2v) is 6.31. The van der Waals surface area contributed by atoms with Crippen LogP contribution in [0.1, 0.15) is 31.5 Å². The number of aromatic nitrogens is 2. The van der Waals surface area contributed by atoms with E-state index in [1.54, 1.807) is 18.5 Å². The van der Waals surface area contributed by atoms with Gasteiger partial charge in [0.1, 0.15) is 5.82 Å². The summed E-state index contributed by atoms with van der Waals surface area (Å²) >= 11 is 0. The minimum atomic E-state index is 0.246. The number of amides is 1. The van der Waals surface area contributed by atoms with Gasteiger partial charge in [0.25, 0.3) is 0 Å². The number of hydrogen-bond acceptors (Lipinski definition) is 5. The fourth-order valence-corrected chi connectivity index (χ4v) is 3.42. The van der Waals surface area contributed by atoms with E-state index in [4.69, 9.17) is 4.74 Å². The van der Waals surface area contributed by atoms with Crippen molar-refractivity contribution in [2.75, 3.05) is 39.4 Å². The first-order valence-corrected chi connectivity index (χ1v) is 8.68. The van der Waals surface area contributed by atoms with Gasteiger partial charge in [-0.25, -0.2) is 9.97 Å². The number of likely N-dealkylation sites (tertiary alicyclic amines) is 1. The van der Waals surface area contributed by atoms with Crippen molar-refractivity contribution in [3.05, 3.63) is 24.3 Å². The molecule has 2 aliphatic heterocycles. The first-order chi connectivity index (χ1) is 11.3. The number of morpholine rings is 1. The van der Waals surface area contributed by atoms with Crippen LogP contribution in [0.4, 0.5) is 0 Å². The third-order valence-corrected chi connectivity index (χ3v) is 4.70. The van der Waals surface area contributed by atoms with Crippen molar-refractivity contribution in [3.63, 3.8) is 0 Å². The molecule has 0 aromatic carbocycles. The molecule has 0 N–H and O–H groups in total. The van der Waals surface area contributed by atoms with Gasteiger partial charge in [-0.3, -0.25) is 9.69 Å². The Morgan fingerprint density at radius 2 is 1.96 bits per heavy atom. The highest BCUT2D eigenvalue weighted by molar-refractivity contribution is 5.76. The van der Waals surface area contributed by atoms with Crippen LogP contribution in [0.25, 0.3) is 0 Å². The number of piperidine rings is 1. The Bertz CT molecular complexity index is 491. The van der Waals surface area contributed by atoms with Gasteiger partial charge in [0.05, 0.1) is 13.2 Å². The van der Waals surface area contributed by atoms with Crippen molar-refractivity contribution in [2.24, 2.45) is 0 Å². The molecular formula is C17H26N4O2. The largest absolute Gasteiger partial charge is 0.379 e.